The fourth-order valence-electron chi connectivity index (χ4n) is 3.03. The summed E-state index contributed by atoms with van der Waals surface area (Å²) in [5.41, 5.74) is 2.56. The number of halogens is 1. The number of rotatable bonds is 6. The molecule has 1 aliphatic heterocycles. The van der Waals surface area contributed by atoms with Gasteiger partial charge in [0.05, 0.1) is 16.2 Å². The highest BCUT2D eigenvalue weighted by Gasteiger charge is 2.30. The smallest absolute Gasteiger partial charge is 0.335 e. The van der Waals surface area contributed by atoms with Gasteiger partial charge in [0, 0.05) is 11.5 Å². The van der Waals surface area contributed by atoms with Gasteiger partial charge in [-0.3, -0.25) is 9.69 Å². The molecule has 1 fully saturated rings. The molecule has 6 nitrogen and oxygen atoms in total. The first-order valence-electron chi connectivity index (χ1n) is 9.96. The maximum absolute atomic E-state index is 12.7. The third-order valence-corrected chi connectivity index (χ3v) is 6.41. The summed E-state index contributed by atoms with van der Waals surface area (Å²) in [6.45, 7) is 0.468. The molecular weight excluding hydrogens is 504 g/mol. The number of amides is 1. The number of nitrogens with zero attached hydrogens (tertiary/aromatic N) is 2. The van der Waals surface area contributed by atoms with Gasteiger partial charge in [-0.25, -0.2) is 9.79 Å². The molecule has 0 atom stereocenters. The molecule has 0 radical (unpaired) electrons. The monoisotopic (exact) mass is 522 g/mol. The van der Waals surface area contributed by atoms with E-state index < -0.39 is 5.97 Å². The van der Waals surface area contributed by atoms with Gasteiger partial charge in [0.1, 0.15) is 12.4 Å². The van der Waals surface area contributed by atoms with Gasteiger partial charge in [-0.2, -0.15) is 0 Å². The standard InChI is InChI=1S/C25H19BrN2O4S/c1-28-23(29)22(33-25(28)27-20-4-2-3-18(14-20)24(30)31)13-16-7-11-21(12-8-16)32-15-17-5-9-19(26)10-6-17/h2-14H,15H2,1H3,(H,30,31)/b22-13+,27-25?. The quantitative estimate of drug-likeness (QED) is 0.404. The Bertz CT molecular complexity index is 1250. The van der Waals surface area contributed by atoms with Crippen molar-refractivity contribution >= 4 is 56.5 Å². The Morgan fingerprint density at radius 1 is 1.12 bits per heavy atom. The van der Waals surface area contributed by atoms with Crippen molar-refractivity contribution in [2.75, 3.05) is 7.05 Å². The van der Waals surface area contributed by atoms with Crippen molar-refractivity contribution in [3.63, 3.8) is 0 Å². The number of amidine groups is 1. The van der Waals surface area contributed by atoms with Gasteiger partial charge in [-0.05, 0) is 71.4 Å². The Labute approximate surface area is 203 Å². The molecule has 0 aromatic heterocycles. The van der Waals surface area contributed by atoms with E-state index in [1.165, 1.54) is 28.8 Å². The number of benzene rings is 3. The van der Waals surface area contributed by atoms with Gasteiger partial charge in [0.25, 0.3) is 5.91 Å². The topological polar surface area (TPSA) is 79.2 Å². The lowest BCUT2D eigenvalue weighted by Gasteiger charge is -2.07. The van der Waals surface area contributed by atoms with Crippen molar-refractivity contribution in [2.24, 2.45) is 4.99 Å². The normalized spacial score (nSPS) is 15.9. The largest absolute Gasteiger partial charge is 0.489 e. The Morgan fingerprint density at radius 3 is 2.55 bits per heavy atom. The van der Waals surface area contributed by atoms with Crippen LogP contribution < -0.4 is 4.74 Å². The van der Waals surface area contributed by atoms with E-state index in [1.54, 1.807) is 25.3 Å². The summed E-state index contributed by atoms with van der Waals surface area (Å²) in [6.07, 6.45) is 1.80. The number of carboxylic acids is 1. The molecular formula is C25H19BrN2O4S. The highest BCUT2D eigenvalue weighted by atomic mass is 79.9. The number of likely N-dealkylation sites (N-methyl/N-ethyl adjacent to an activating group) is 1. The van der Waals surface area contributed by atoms with Crippen molar-refractivity contribution in [1.82, 2.24) is 4.90 Å². The summed E-state index contributed by atoms with van der Waals surface area (Å²) in [7, 11) is 1.65. The van der Waals surface area contributed by atoms with Gasteiger partial charge < -0.3 is 9.84 Å². The van der Waals surface area contributed by atoms with Gasteiger partial charge in [-0.15, -0.1) is 0 Å². The summed E-state index contributed by atoms with van der Waals surface area (Å²) >= 11 is 4.67. The van der Waals surface area contributed by atoms with Gasteiger partial charge in [0.2, 0.25) is 0 Å². The Kier molecular flexibility index (Phi) is 6.96. The minimum atomic E-state index is -1.02. The van der Waals surface area contributed by atoms with Crippen molar-refractivity contribution in [3.05, 3.63) is 98.9 Å². The zero-order chi connectivity index (χ0) is 23.4. The highest BCUT2D eigenvalue weighted by Crippen LogP contribution is 2.33. The average Bonchev–Trinajstić information content (AvgIpc) is 3.07. The maximum Gasteiger partial charge on any atom is 0.335 e. The number of hydrogen-bond acceptors (Lipinski definition) is 5. The van der Waals surface area contributed by atoms with E-state index >= 15 is 0 Å². The van der Waals surface area contributed by atoms with Crippen LogP contribution in [0.15, 0.2) is 87.2 Å². The molecule has 1 N–H and O–H groups in total. The molecule has 1 amide bonds. The third-order valence-electron chi connectivity index (χ3n) is 4.82. The molecule has 0 aliphatic carbocycles. The van der Waals surface area contributed by atoms with Crippen LogP contribution in [0.1, 0.15) is 21.5 Å². The fraction of sp³-hybridized carbons (Fsp3) is 0.0800. The summed E-state index contributed by atoms with van der Waals surface area (Å²) in [6, 6.07) is 21.8. The summed E-state index contributed by atoms with van der Waals surface area (Å²) in [4.78, 5) is 30.3. The number of hydrogen-bond donors (Lipinski definition) is 1. The molecule has 1 heterocycles. The summed E-state index contributed by atoms with van der Waals surface area (Å²) in [5, 5.41) is 9.64. The molecule has 0 bridgehead atoms. The number of carbonyl (C=O) groups is 2. The second-order valence-corrected chi connectivity index (χ2v) is 9.13. The highest BCUT2D eigenvalue weighted by molar-refractivity contribution is 9.10. The first kappa shape index (κ1) is 22.8. The number of thioether (sulfide) groups is 1. The molecule has 0 saturated carbocycles. The Hall–Kier alpha value is -3.36. The fourth-order valence-corrected chi connectivity index (χ4v) is 4.28. The average molecular weight is 523 g/mol. The van der Waals surface area contributed by atoms with E-state index in [9.17, 15) is 9.59 Å². The molecule has 166 valence electrons. The lowest BCUT2D eigenvalue weighted by molar-refractivity contribution is -0.121. The first-order valence-corrected chi connectivity index (χ1v) is 11.6. The Balaban J connectivity index is 1.45. The van der Waals surface area contributed by atoms with E-state index in [4.69, 9.17) is 9.84 Å². The van der Waals surface area contributed by atoms with E-state index in [0.29, 0.717) is 22.4 Å². The van der Waals surface area contributed by atoms with Crippen LogP contribution in [-0.4, -0.2) is 34.1 Å². The van der Waals surface area contributed by atoms with Crippen LogP contribution in [0.5, 0.6) is 5.75 Å². The van der Waals surface area contributed by atoms with Gasteiger partial charge >= 0.3 is 5.97 Å². The van der Waals surface area contributed by atoms with Crippen molar-refractivity contribution in [3.8, 4) is 5.75 Å². The maximum atomic E-state index is 12.7. The minimum Gasteiger partial charge on any atom is -0.489 e. The van der Waals surface area contributed by atoms with Crippen LogP contribution in [-0.2, 0) is 11.4 Å². The molecule has 1 aliphatic rings. The van der Waals surface area contributed by atoms with E-state index in [1.807, 2.05) is 48.5 Å². The SMILES string of the molecule is CN1C(=O)/C(=C\c2ccc(OCc3ccc(Br)cc3)cc2)SC1=Nc1cccc(C(=O)O)c1. The van der Waals surface area contributed by atoms with Crippen molar-refractivity contribution < 1.29 is 19.4 Å². The number of aromatic carboxylic acids is 1. The van der Waals surface area contributed by atoms with Crippen LogP contribution in [0.2, 0.25) is 0 Å². The third kappa shape index (κ3) is 5.71. The number of aliphatic imine (C=N–C) groups is 1. The van der Waals surface area contributed by atoms with Crippen LogP contribution in [0, 0.1) is 0 Å². The molecule has 0 spiro atoms. The zero-order valence-corrected chi connectivity index (χ0v) is 20.0. The molecule has 33 heavy (non-hydrogen) atoms. The zero-order valence-electron chi connectivity index (χ0n) is 17.6. The van der Waals surface area contributed by atoms with Crippen LogP contribution in [0.3, 0.4) is 0 Å². The first-order chi connectivity index (χ1) is 15.9. The number of ether oxygens (including phenoxy) is 1. The second kappa shape index (κ2) is 10.1. The Morgan fingerprint density at radius 2 is 1.85 bits per heavy atom. The van der Waals surface area contributed by atoms with E-state index in [2.05, 4.69) is 20.9 Å². The molecule has 1 saturated heterocycles. The second-order valence-electron chi connectivity index (χ2n) is 7.21. The molecule has 8 heteroatoms. The summed E-state index contributed by atoms with van der Waals surface area (Å²) in [5.74, 6) is -0.447. The lowest BCUT2D eigenvalue weighted by Crippen LogP contribution is -2.23. The lowest BCUT2D eigenvalue weighted by atomic mass is 10.2. The van der Waals surface area contributed by atoms with Gasteiger partial charge in [-0.1, -0.05) is 46.3 Å². The van der Waals surface area contributed by atoms with Crippen LogP contribution >= 0.6 is 27.7 Å². The molecule has 3 aromatic carbocycles. The minimum absolute atomic E-state index is 0.145. The molecule has 0 unspecified atom stereocenters. The van der Waals surface area contributed by atoms with Crippen LogP contribution in [0.25, 0.3) is 6.08 Å². The molecule has 4 rings (SSSR count). The predicted molar refractivity (Wildman–Crippen MR) is 134 cm³/mol. The predicted octanol–water partition coefficient (Wildman–Crippen LogP) is 5.96. The number of carbonyl (C=O) groups excluding carboxylic acids is 1. The number of carboxylic acid groups (broad SMARTS) is 1. The van der Waals surface area contributed by atoms with Gasteiger partial charge in [0.15, 0.2) is 5.17 Å². The van der Waals surface area contributed by atoms with Crippen LogP contribution in [0.4, 0.5) is 5.69 Å². The van der Waals surface area contributed by atoms with Crippen molar-refractivity contribution in [2.45, 2.75) is 6.61 Å². The van der Waals surface area contributed by atoms with E-state index in [0.717, 1.165) is 21.3 Å². The molecule has 3 aromatic rings. The van der Waals surface area contributed by atoms with Crippen molar-refractivity contribution in [1.29, 1.82) is 0 Å². The van der Waals surface area contributed by atoms with E-state index in [-0.39, 0.29) is 11.5 Å². The summed E-state index contributed by atoms with van der Waals surface area (Å²) < 4.78 is 6.85.